The lowest BCUT2D eigenvalue weighted by Gasteiger charge is -2.05. The molecule has 0 amide bonds. The molecule has 0 aliphatic heterocycles. The largest absolute Gasteiger partial charge is 0.484 e. The van der Waals surface area contributed by atoms with E-state index in [2.05, 4.69) is 5.16 Å². The quantitative estimate of drug-likeness (QED) is 0.665. The van der Waals surface area contributed by atoms with Gasteiger partial charge in [0.1, 0.15) is 12.4 Å². The number of non-ortho nitro benzene ring substituents is 1. The average Bonchev–Trinajstić information content (AvgIpc) is 2.86. The standard InChI is InChI=1S/C11H7ClN2O6/c12-8-3-6(14(17)18)1-2-10(8)19-5-7-4-9(11(15)16)13-20-7/h1-4H,5H2,(H,15,16). The van der Waals surface area contributed by atoms with E-state index in [-0.39, 0.29) is 34.5 Å². The van der Waals surface area contributed by atoms with Crippen LogP contribution in [0.5, 0.6) is 5.75 Å². The number of ether oxygens (including phenoxy) is 1. The third-order valence-electron chi connectivity index (χ3n) is 2.27. The van der Waals surface area contributed by atoms with Gasteiger partial charge in [-0.05, 0) is 6.07 Å². The summed E-state index contributed by atoms with van der Waals surface area (Å²) in [5.74, 6) is -0.810. The molecule has 2 aromatic rings. The molecule has 2 rings (SSSR count). The number of nitro groups is 1. The number of nitrogens with zero attached hydrogens (tertiary/aromatic N) is 2. The molecule has 20 heavy (non-hydrogen) atoms. The zero-order chi connectivity index (χ0) is 14.7. The Labute approximate surface area is 116 Å². The molecule has 0 atom stereocenters. The minimum atomic E-state index is -1.21. The summed E-state index contributed by atoms with van der Waals surface area (Å²) in [6, 6.07) is 4.95. The lowest BCUT2D eigenvalue weighted by Crippen LogP contribution is -1.96. The van der Waals surface area contributed by atoms with Gasteiger partial charge in [-0.25, -0.2) is 4.79 Å². The van der Waals surface area contributed by atoms with Gasteiger partial charge in [-0.1, -0.05) is 16.8 Å². The Morgan fingerprint density at radius 2 is 2.25 bits per heavy atom. The molecule has 0 radical (unpaired) electrons. The van der Waals surface area contributed by atoms with E-state index in [1.54, 1.807) is 0 Å². The summed E-state index contributed by atoms with van der Waals surface area (Å²) in [7, 11) is 0. The molecule has 8 nitrogen and oxygen atoms in total. The first-order valence-electron chi connectivity index (χ1n) is 5.23. The molecule has 1 aromatic carbocycles. The molecule has 0 aliphatic rings. The fourth-order valence-corrected chi connectivity index (χ4v) is 1.58. The van der Waals surface area contributed by atoms with Crippen molar-refractivity contribution >= 4 is 23.3 Å². The van der Waals surface area contributed by atoms with E-state index in [0.717, 1.165) is 6.07 Å². The summed E-state index contributed by atoms with van der Waals surface area (Å²) < 4.78 is 10.0. The van der Waals surface area contributed by atoms with Crippen molar-refractivity contribution in [1.29, 1.82) is 0 Å². The lowest BCUT2D eigenvalue weighted by molar-refractivity contribution is -0.384. The van der Waals surface area contributed by atoms with Crippen LogP contribution < -0.4 is 4.74 Å². The second-order valence-corrected chi connectivity index (χ2v) is 4.05. The van der Waals surface area contributed by atoms with Crippen molar-refractivity contribution < 1.29 is 24.1 Å². The second kappa shape index (κ2) is 5.57. The van der Waals surface area contributed by atoms with Gasteiger partial charge in [0, 0.05) is 18.2 Å². The third kappa shape index (κ3) is 3.04. The highest BCUT2D eigenvalue weighted by atomic mass is 35.5. The number of halogens is 1. The summed E-state index contributed by atoms with van der Waals surface area (Å²) in [6.07, 6.45) is 0. The molecule has 0 spiro atoms. The summed E-state index contributed by atoms with van der Waals surface area (Å²) in [6.45, 7) is -0.0994. The van der Waals surface area contributed by atoms with Crippen molar-refractivity contribution in [3.8, 4) is 5.75 Å². The van der Waals surface area contributed by atoms with Crippen LogP contribution in [-0.2, 0) is 6.61 Å². The summed E-state index contributed by atoms with van der Waals surface area (Å²) in [5.41, 5.74) is -0.395. The van der Waals surface area contributed by atoms with Gasteiger partial charge in [-0.15, -0.1) is 0 Å². The first-order valence-corrected chi connectivity index (χ1v) is 5.61. The molecule has 0 bridgehead atoms. The number of rotatable bonds is 5. The van der Waals surface area contributed by atoms with Crippen LogP contribution in [0.3, 0.4) is 0 Å². The van der Waals surface area contributed by atoms with Crippen molar-refractivity contribution in [3.63, 3.8) is 0 Å². The molecule has 0 aliphatic carbocycles. The molecule has 0 fully saturated rings. The molecule has 9 heteroatoms. The van der Waals surface area contributed by atoms with Gasteiger partial charge >= 0.3 is 5.97 Å². The van der Waals surface area contributed by atoms with Gasteiger partial charge in [-0.2, -0.15) is 0 Å². The Morgan fingerprint density at radius 3 is 2.80 bits per heavy atom. The first-order chi connectivity index (χ1) is 9.47. The van der Waals surface area contributed by atoms with Crippen LogP contribution in [0.25, 0.3) is 0 Å². The van der Waals surface area contributed by atoms with Crippen molar-refractivity contribution in [2.24, 2.45) is 0 Å². The summed E-state index contributed by atoms with van der Waals surface area (Å²) in [5, 5.41) is 22.6. The Kier molecular flexibility index (Phi) is 3.85. The van der Waals surface area contributed by atoms with E-state index in [9.17, 15) is 14.9 Å². The minimum absolute atomic E-state index is 0.0668. The van der Waals surface area contributed by atoms with E-state index in [0.29, 0.717) is 0 Å². The predicted molar refractivity (Wildman–Crippen MR) is 65.9 cm³/mol. The van der Waals surface area contributed by atoms with Crippen LogP contribution in [0.15, 0.2) is 28.8 Å². The molecule has 1 heterocycles. The highest BCUT2D eigenvalue weighted by molar-refractivity contribution is 6.32. The number of carboxylic acid groups (broad SMARTS) is 1. The predicted octanol–water partition coefficient (Wildman–Crippen LogP) is 2.51. The van der Waals surface area contributed by atoms with Gasteiger partial charge in [0.05, 0.1) is 9.95 Å². The number of benzene rings is 1. The smallest absolute Gasteiger partial charge is 0.358 e. The number of carbonyl (C=O) groups is 1. The highest BCUT2D eigenvalue weighted by Gasteiger charge is 2.13. The van der Waals surface area contributed by atoms with Crippen molar-refractivity contribution in [3.05, 3.63) is 50.9 Å². The fraction of sp³-hybridized carbons (Fsp3) is 0.0909. The summed E-state index contributed by atoms with van der Waals surface area (Å²) >= 11 is 5.83. The van der Waals surface area contributed by atoms with Crippen LogP contribution in [0.4, 0.5) is 5.69 Å². The maximum absolute atomic E-state index is 10.6. The molecule has 1 aromatic heterocycles. The van der Waals surface area contributed by atoms with Crippen LogP contribution in [0.2, 0.25) is 5.02 Å². The van der Waals surface area contributed by atoms with E-state index in [1.807, 2.05) is 0 Å². The topological polar surface area (TPSA) is 116 Å². The molecule has 104 valence electrons. The molecule has 1 N–H and O–H groups in total. The maximum Gasteiger partial charge on any atom is 0.358 e. The van der Waals surface area contributed by atoms with E-state index >= 15 is 0 Å². The van der Waals surface area contributed by atoms with Crippen molar-refractivity contribution in [1.82, 2.24) is 5.16 Å². The van der Waals surface area contributed by atoms with Gasteiger partial charge < -0.3 is 14.4 Å². The van der Waals surface area contributed by atoms with Gasteiger partial charge in [0.15, 0.2) is 11.5 Å². The zero-order valence-corrected chi connectivity index (χ0v) is 10.5. The molecular formula is C11H7ClN2O6. The highest BCUT2D eigenvalue weighted by Crippen LogP contribution is 2.29. The molecular weight excluding hydrogens is 292 g/mol. The summed E-state index contributed by atoms with van der Waals surface area (Å²) in [4.78, 5) is 20.6. The maximum atomic E-state index is 10.6. The van der Waals surface area contributed by atoms with Gasteiger partial charge in [-0.3, -0.25) is 10.1 Å². The second-order valence-electron chi connectivity index (χ2n) is 3.64. The average molecular weight is 299 g/mol. The Morgan fingerprint density at radius 1 is 1.50 bits per heavy atom. The minimum Gasteiger partial charge on any atom is -0.484 e. The molecule has 0 saturated heterocycles. The fourth-order valence-electron chi connectivity index (χ4n) is 1.35. The first kappa shape index (κ1) is 13.8. The monoisotopic (exact) mass is 298 g/mol. The number of nitro benzene ring substituents is 1. The van der Waals surface area contributed by atoms with E-state index in [4.69, 9.17) is 26.0 Å². The normalized spacial score (nSPS) is 10.2. The lowest BCUT2D eigenvalue weighted by atomic mass is 10.3. The van der Waals surface area contributed by atoms with Crippen LogP contribution in [-0.4, -0.2) is 21.2 Å². The van der Waals surface area contributed by atoms with Crippen LogP contribution in [0, 0.1) is 10.1 Å². The Bertz CT molecular complexity index is 669. The van der Waals surface area contributed by atoms with Crippen LogP contribution >= 0.6 is 11.6 Å². The number of aromatic nitrogens is 1. The Hall–Kier alpha value is -2.61. The third-order valence-corrected chi connectivity index (χ3v) is 2.57. The number of hydrogen-bond acceptors (Lipinski definition) is 6. The van der Waals surface area contributed by atoms with Crippen molar-refractivity contribution in [2.75, 3.05) is 0 Å². The van der Waals surface area contributed by atoms with Gasteiger partial charge in [0.25, 0.3) is 5.69 Å². The SMILES string of the molecule is O=C(O)c1cc(COc2ccc([N+](=O)[O-])cc2Cl)on1. The number of carboxylic acids is 1. The number of hydrogen-bond donors (Lipinski definition) is 1. The van der Waals surface area contributed by atoms with E-state index < -0.39 is 10.9 Å². The van der Waals surface area contributed by atoms with E-state index in [1.165, 1.54) is 18.2 Å². The Balaban J connectivity index is 2.06. The molecule has 0 unspecified atom stereocenters. The van der Waals surface area contributed by atoms with Crippen LogP contribution in [0.1, 0.15) is 16.2 Å². The number of aromatic carboxylic acids is 1. The molecule has 0 saturated carbocycles. The zero-order valence-electron chi connectivity index (χ0n) is 9.78. The van der Waals surface area contributed by atoms with Crippen molar-refractivity contribution in [2.45, 2.75) is 6.61 Å². The van der Waals surface area contributed by atoms with Gasteiger partial charge in [0.2, 0.25) is 0 Å².